The van der Waals surface area contributed by atoms with Crippen molar-refractivity contribution >= 4 is 40.4 Å². The van der Waals surface area contributed by atoms with E-state index in [4.69, 9.17) is 9.47 Å². The maximum atomic E-state index is 13.2. The number of morpholine rings is 1. The second-order valence-electron chi connectivity index (χ2n) is 6.67. The Morgan fingerprint density at radius 3 is 2.73 bits per heavy atom. The molecule has 12 heteroatoms. The molecular formula is C18H21F3N4O3S2. The molecule has 3 rings (SSSR count). The first-order valence-corrected chi connectivity index (χ1v) is 11.0. The van der Waals surface area contributed by atoms with Gasteiger partial charge in [-0.3, -0.25) is 4.79 Å². The number of anilines is 2. The summed E-state index contributed by atoms with van der Waals surface area (Å²) in [5.74, 6) is -0.454. The number of carbonyl (C=O) groups is 1. The highest BCUT2D eigenvalue weighted by molar-refractivity contribution is 8.01. The molecule has 1 aliphatic heterocycles. The lowest BCUT2D eigenvalue weighted by molar-refractivity contribution is -0.137. The van der Waals surface area contributed by atoms with Gasteiger partial charge in [0.05, 0.1) is 42.0 Å². The quantitative estimate of drug-likeness (QED) is 0.625. The molecule has 1 aromatic heterocycles. The van der Waals surface area contributed by atoms with E-state index in [0.717, 1.165) is 23.9 Å². The van der Waals surface area contributed by atoms with Crippen LogP contribution in [-0.2, 0) is 15.7 Å². The minimum atomic E-state index is -4.50. The summed E-state index contributed by atoms with van der Waals surface area (Å²) in [6, 6.07) is 3.37. The molecule has 0 bridgehead atoms. The molecule has 2 heterocycles. The number of carbonyl (C=O) groups excluding carboxylic acids is 1. The first kappa shape index (κ1) is 22.6. The number of hydrogen-bond acceptors (Lipinski definition) is 8. The summed E-state index contributed by atoms with van der Waals surface area (Å²) in [6.07, 6.45) is -4.55. The molecule has 0 spiro atoms. The van der Waals surface area contributed by atoms with Gasteiger partial charge >= 0.3 is 6.18 Å². The molecule has 0 unspecified atom stereocenters. The Morgan fingerprint density at radius 2 is 2.07 bits per heavy atom. The number of benzene rings is 1. The molecular weight excluding hydrogens is 441 g/mol. The van der Waals surface area contributed by atoms with Crippen LogP contribution in [0.25, 0.3) is 0 Å². The third kappa shape index (κ3) is 6.22. The molecule has 0 saturated carbocycles. The number of nitrogens with one attached hydrogen (secondary N) is 1. The second-order valence-corrected chi connectivity index (χ2v) is 8.83. The normalized spacial score (nSPS) is 14.8. The van der Waals surface area contributed by atoms with Gasteiger partial charge in [-0.15, -0.1) is 5.10 Å². The summed E-state index contributed by atoms with van der Waals surface area (Å²) in [7, 11) is 0. The minimum Gasteiger partial charge on any atom is -0.466 e. The van der Waals surface area contributed by atoms with Crippen LogP contribution in [0.4, 0.5) is 24.5 Å². The van der Waals surface area contributed by atoms with Crippen molar-refractivity contribution in [2.24, 2.45) is 0 Å². The van der Waals surface area contributed by atoms with Crippen molar-refractivity contribution in [2.45, 2.75) is 30.5 Å². The lowest BCUT2D eigenvalue weighted by Gasteiger charge is -2.31. The number of amides is 1. The molecule has 30 heavy (non-hydrogen) atoms. The molecule has 164 valence electrons. The van der Waals surface area contributed by atoms with Gasteiger partial charge in [0.25, 0.3) is 5.19 Å². The van der Waals surface area contributed by atoms with Crippen molar-refractivity contribution in [3.8, 4) is 5.19 Å². The third-order valence-electron chi connectivity index (χ3n) is 4.00. The van der Waals surface area contributed by atoms with Gasteiger partial charge in [-0.1, -0.05) is 16.9 Å². The van der Waals surface area contributed by atoms with Crippen LogP contribution in [0.1, 0.15) is 19.4 Å². The van der Waals surface area contributed by atoms with Crippen molar-refractivity contribution < 1.29 is 27.4 Å². The molecule has 1 aliphatic rings. The summed E-state index contributed by atoms with van der Waals surface area (Å²) in [6.45, 7) is 5.74. The first-order valence-electron chi connectivity index (χ1n) is 9.19. The highest BCUT2D eigenvalue weighted by atomic mass is 32.2. The average Bonchev–Trinajstić information content (AvgIpc) is 3.13. The van der Waals surface area contributed by atoms with E-state index in [1.54, 1.807) is 0 Å². The number of ether oxygens (including phenoxy) is 2. The lowest BCUT2D eigenvalue weighted by atomic mass is 10.1. The smallest absolute Gasteiger partial charge is 0.416 e. The van der Waals surface area contributed by atoms with Gasteiger partial charge in [0.1, 0.15) is 0 Å². The van der Waals surface area contributed by atoms with E-state index in [9.17, 15) is 18.0 Å². The van der Waals surface area contributed by atoms with E-state index >= 15 is 0 Å². The van der Waals surface area contributed by atoms with E-state index in [-0.39, 0.29) is 17.5 Å². The minimum absolute atomic E-state index is 0.0187. The zero-order chi connectivity index (χ0) is 21.7. The summed E-state index contributed by atoms with van der Waals surface area (Å²) < 4.78 is 50.8. The van der Waals surface area contributed by atoms with E-state index in [2.05, 4.69) is 15.5 Å². The molecule has 1 fully saturated rings. The molecule has 0 radical (unpaired) electrons. The SMILES string of the molecule is CC(C)Oc1nnc(SCC(=O)Nc2cc(C(F)(F)F)ccc2N2CCOCC2)s1. The highest BCUT2D eigenvalue weighted by Gasteiger charge is 2.32. The number of halogens is 3. The Morgan fingerprint density at radius 1 is 1.33 bits per heavy atom. The fraction of sp³-hybridized carbons (Fsp3) is 0.500. The van der Waals surface area contributed by atoms with E-state index in [1.807, 2.05) is 18.7 Å². The van der Waals surface area contributed by atoms with Gasteiger partial charge in [-0.25, -0.2) is 0 Å². The Kier molecular flexibility index (Phi) is 7.42. The van der Waals surface area contributed by atoms with Crippen LogP contribution in [0.15, 0.2) is 22.5 Å². The predicted octanol–water partition coefficient (Wildman–Crippen LogP) is 3.91. The number of nitrogens with zero attached hydrogens (tertiary/aromatic N) is 3. The van der Waals surface area contributed by atoms with Crippen LogP contribution in [0, 0.1) is 0 Å². The van der Waals surface area contributed by atoms with Crippen LogP contribution in [-0.4, -0.2) is 54.3 Å². The second kappa shape index (κ2) is 9.84. The maximum Gasteiger partial charge on any atom is 0.416 e. The van der Waals surface area contributed by atoms with Gasteiger partial charge in [-0.2, -0.15) is 13.2 Å². The van der Waals surface area contributed by atoms with Crippen LogP contribution in [0.3, 0.4) is 0 Å². The Balaban J connectivity index is 1.69. The Bertz CT molecular complexity index is 871. The van der Waals surface area contributed by atoms with Crippen molar-refractivity contribution in [1.82, 2.24) is 10.2 Å². The number of hydrogen-bond donors (Lipinski definition) is 1. The number of aromatic nitrogens is 2. The van der Waals surface area contributed by atoms with Crippen molar-refractivity contribution in [1.29, 1.82) is 0 Å². The van der Waals surface area contributed by atoms with Crippen molar-refractivity contribution in [3.63, 3.8) is 0 Å². The standard InChI is InChI=1S/C18H21F3N4O3S2/c1-11(2)28-16-23-24-17(30-16)29-10-15(26)22-13-9-12(18(19,20)21)3-4-14(13)25-5-7-27-8-6-25/h3-4,9,11H,5-8,10H2,1-2H3,(H,22,26). The Hall–Kier alpha value is -2.05. The Labute approximate surface area is 179 Å². The van der Waals surface area contributed by atoms with Gasteiger partial charge in [0, 0.05) is 13.1 Å². The highest BCUT2D eigenvalue weighted by Crippen LogP contribution is 2.36. The van der Waals surface area contributed by atoms with Crippen LogP contribution < -0.4 is 15.0 Å². The summed E-state index contributed by atoms with van der Waals surface area (Å²) >= 11 is 2.35. The summed E-state index contributed by atoms with van der Waals surface area (Å²) in [4.78, 5) is 14.3. The molecule has 0 aliphatic carbocycles. The van der Waals surface area contributed by atoms with Gasteiger partial charge in [0.15, 0.2) is 4.34 Å². The largest absolute Gasteiger partial charge is 0.466 e. The van der Waals surface area contributed by atoms with Crippen molar-refractivity contribution in [3.05, 3.63) is 23.8 Å². The molecule has 1 aromatic carbocycles. The lowest BCUT2D eigenvalue weighted by Crippen LogP contribution is -2.37. The summed E-state index contributed by atoms with van der Waals surface area (Å²) in [5, 5.41) is 10.8. The molecule has 1 saturated heterocycles. The fourth-order valence-corrected chi connectivity index (χ4v) is 4.32. The molecule has 7 nitrogen and oxygen atoms in total. The molecule has 1 amide bonds. The van der Waals surface area contributed by atoms with Crippen LogP contribution in [0.2, 0.25) is 0 Å². The zero-order valence-corrected chi connectivity index (χ0v) is 18.0. The number of rotatable bonds is 7. The van der Waals surface area contributed by atoms with Crippen LogP contribution in [0.5, 0.6) is 5.19 Å². The van der Waals surface area contributed by atoms with E-state index in [0.29, 0.717) is 41.5 Å². The van der Waals surface area contributed by atoms with Crippen molar-refractivity contribution in [2.75, 3.05) is 42.3 Å². The van der Waals surface area contributed by atoms with E-state index < -0.39 is 17.6 Å². The predicted molar refractivity (Wildman–Crippen MR) is 110 cm³/mol. The third-order valence-corrected chi connectivity index (χ3v) is 5.95. The summed E-state index contributed by atoms with van der Waals surface area (Å²) in [5.41, 5.74) is -0.159. The molecule has 1 N–H and O–H groups in total. The molecule has 2 aromatic rings. The fourth-order valence-electron chi connectivity index (χ4n) is 2.71. The monoisotopic (exact) mass is 462 g/mol. The topological polar surface area (TPSA) is 76.6 Å². The maximum absolute atomic E-state index is 13.2. The van der Waals surface area contributed by atoms with E-state index in [1.165, 1.54) is 17.4 Å². The van der Waals surface area contributed by atoms with Crippen LogP contribution >= 0.6 is 23.1 Å². The van der Waals surface area contributed by atoms with Gasteiger partial charge in [-0.05, 0) is 43.4 Å². The van der Waals surface area contributed by atoms with Gasteiger partial charge in [0.2, 0.25) is 5.91 Å². The zero-order valence-electron chi connectivity index (χ0n) is 16.4. The average molecular weight is 463 g/mol. The number of alkyl halides is 3. The van der Waals surface area contributed by atoms with Gasteiger partial charge < -0.3 is 19.7 Å². The first-order chi connectivity index (χ1) is 14.2. The molecule has 0 atom stereocenters. The number of thioether (sulfide) groups is 1.